The fraction of sp³-hybridized carbons (Fsp3) is 0.526. The highest BCUT2D eigenvalue weighted by molar-refractivity contribution is 6.22. The molecule has 0 bridgehead atoms. The van der Waals surface area contributed by atoms with Crippen LogP contribution in [0.3, 0.4) is 0 Å². The van der Waals surface area contributed by atoms with E-state index in [1.807, 2.05) is 4.90 Å². The summed E-state index contributed by atoms with van der Waals surface area (Å²) < 4.78 is 5.09. The van der Waals surface area contributed by atoms with Crippen molar-refractivity contribution >= 4 is 29.2 Å². The molecule has 9 heteroatoms. The number of piperidine rings is 1. The molecule has 0 spiro atoms. The molecule has 0 saturated carbocycles. The molecule has 0 radical (unpaired) electrons. The number of benzene rings is 1. The number of ether oxygens (including phenoxy) is 1. The zero-order chi connectivity index (χ0) is 20.4. The number of carbonyl (C=O) groups is 3. The number of imide groups is 1. The van der Waals surface area contributed by atoms with Gasteiger partial charge in [0.15, 0.2) is 0 Å². The van der Waals surface area contributed by atoms with E-state index in [9.17, 15) is 24.5 Å². The second-order valence-corrected chi connectivity index (χ2v) is 7.10. The van der Waals surface area contributed by atoms with Crippen LogP contribution in [-0.2, 0) is 19.1 Å². The zero-order valence-electron chi connectivity index (χ0n) is 15.9. The van der Waals surface area contributed by atoms with Gasteiger partial charge in [-0.1, -0.05) is 0 Å². The van der Waals surface area contributed by atoms with E-state index in [-0.39, 0.29) is 35.8 Å². The molecule has 2 aliphatic rings. The van der Waals surface area contributed by atoms with Crippen LogP contribution in [0.25, 0.3) is 0 Å². The monoisotopic (exact) mass is 389 g/mol. The molecule has 2 saturated heterocycles. The number of nitro groups is 1. The van der Waals surface area contributed by atoms with Crippen molar-refractivity contribution < 1.29 is 24.0 Å². The lowest BCUT2D eigenvalue weighted by molar-refractivity contribution is -0.384. The summed E-state index contributed by atoms with van der Waals surface area (Å²) in [6.07, 6.45) is 1.48. The molecule has 1 aromatic rings. The third-order valence-electron chi connectivity index (χ3n) is 5.27. The topological polar surface area (TPSA) is 110 Å². The van der Waals surface area contributed by atoms with Crippen LogP contribution in [0.5, 0.6) is 0 Å². The number of anilines is 1. The van der Waals surface area contributed by atoms with E-state index in [1.165, 1.54) is 18.2 Å². The number of non-ortho nitro benzene ring substituents is 1. The minimum atomic E-state index is -0.626. The first-order valence-corrected chi connectivity index (χ1v) is 9.36. The molecular weight excluding hydrogens is 366 g/mol. The SMILES string of the molecule is CCOC(=O)[C@@H]1CCCN([C@@H]2CC(=O)N(c3ccc([N+](=O)[O-])cc3C)C2=O)C1. The average molecular weight is 389 g/mol. The lowest BCUT2D eigenvalue weighted by atomic mass is 9.96. The van der Waals surface area contributed by atoms with E-state index < -0.39 is 11.0 Å². The number of rotatable bonds is 5. The Balaban J connectivity index is 1.78. The third-order valence-corrected chi connectivity index (χ3v) is 5.27. The minimum absolute atomic E-state index is 0.0325. The molecule has 0 N–H and O–H groups in total. The fourth-order valence-corrected chi connectivity index (χ4v) is 3.90. The number of nitro benzene ring substituents is 1. The average Bonchev–Trinajstić information content (AvgIpc) is 2.96. The van der Waals surface area contributed by atoms with Crippen molar-refractivity contribution in [3.8, 4) is 0 Å². The molecule has 2 aliphatic heterocycles. The van der Waals surface area contributed by atoms with Gasteiger partial charge in [-0.2, -0.15) is 0 Å². The van der Waals surface area contributed by atoms with Crippen LogP contribution in [0.15, 0.2) is 18.2 Å². The number of hydrogen-bond acceptors (Lipinski definition) is 7. The maximum absolute atomic E-state index is 13.0. The van der Waals surface area contributed by atoms with Gasteiger partial charge in [0.2, 0.25) is 5.91 Å². The van der Waals surface area contributed by atoms with Crippen LogP contribution < -0.4 is 4.90 Å². The summed E-state index contributed by atoms with van der Waals surface area (Å²) >= 11 is 0. The van der Waals surface area contributed by atoms with Gasteiger partial charge in [-0.3, -0.25) is 29.4 Å². The molecule has 2 amide bonds. The Morgan fingerprint density at radius 3 is 2.75 bits per heavy atom. The summed E-state index contributed by atoms with van der Waals surface area (Å²) in [6.45, 7) is 4.71. The minimum Gasteiger partial charge on any atom is -0.466 e. The number of nitrogens with zero attached hydrogens (tertiary/aromatic N) is 3. The molecule has 0 aromatic heterocycles. The summed E-state index contributed by atoms with van der Waals surface area (Å²) in [7, 11) is 0. The Hall–Kier alpha value is -2.81. The Kier molecular flexibility index (Phi) is 5.73. The summed E-state index contributed by atoms with van der Waals surface area (Å²) in [4.78, 5) is 51.0. The maximum atomic E-state index is 13.0. The molecule has 1 aromatic carbocycles. The molecule has 9 nitrogen and oxygen atoms in total. The lowest BCUT2D eigenvalue weighted by Gasteiger charge is -2.34. The van der Waals surface area contributed by atoms with E-state index in [0.29, 0.717) is 37.4 Å². The summed E-state index contributed by atoms with van der Waals surface area (Å²) in [5.41, 5.74) is 0.756. The van der Waals surface area contributed by atoms with Crippen molar-refractivity contribution in [1.29, 1.82) is 0 Å². The maximum Gasteiger partial charge on any atom is 0.310 e. The third kappa shape index (κ3) is 3.75. The first-order valence-electron chi connectivity index (χ1n) is 9.36. The second kappa shape index (κ2) is 8.05. The number of esters is 1. The quantitative estimate of drug-likeness (QED) is 0.327. The van der Waals surface area contributed by atoms with Gasteiger partial charge in [0.1, 0.15) is 0 Å². The molecular formula is C19H23N3O6. The standard InChI is InChI=1S/C19H23N3O6/c1-3-28-19(25)13-5-4-8-20(11-13)16-10-17(23)21(18(16)24)15-7-6-14(22(26)27)9-12(15)2/h6-7,9,13,16H,3-5,8,10-11H2,1-2H3/t13-,16-/m1/s1. The number of likely N-dealkylation sites (tertiary alicyclic amines) is 1. The molecule has 0 unspecified atom stereocenters. The van der Waals surface area contributed by atoms with E-state index in [4.69, 9.17) is 4.74 Å². The molecule has 2 heterocycles. The van der Waals surface area contributed by atoms with E-state index >= 15 is 0 Å². The van der Waals surface area contributed by atoms with Crippen LogP contribution in [-0.4, -0.2) is 53.3 Å². The number of carbonyl (C=O) groups excluding carboxylic acids is 3. The highest BCUT2D eigenvalue weighted by Crippen LogP contribution is 2.32. The van der Waals surface area contributed by atoms with E-state index in [0.717, 1.165) is 11.3 Å². The lowest BCUT2D eigenvalue weighted by Crippen LogP contribution is -2.48. The van der Waals surface area contributed by atoms with Crippen molar-refractivity contribution in [3.63, 3.8) is 0 Å². The predicted molar refractivity (Wildman–Crippen MR) is 99.7 cm³/mol. The number of aryl methyl sites for hydroxylation is 1. The predicted octanol–water partition coefficient (Wildman–Crippen LogP) is 1.81. The number of hydrogen-bond donors (Lipinski definition) is 0. The first kappa shape index (κ1) is 19.9. The summed E-state index contributed by atoms with van der Waals surface area (Å²) in [5.74, 6) is -1.27. The molecule has 3 rings (SSSR count). The first-order chi connectivity index (χ1) is 13.3. The van der Waals surface area contributed by atoms with Crippen LogP contribution in [0, 0.1) is 23.0 Å². The van der Waals surface area contributed by atoms with Gasteiger partial charge < -0.3 is 4.74 Å². The van der Waals surface area contributed by atoms with Crippen molar-refractivity contribution in [2.75, 3.05) is 24.6 Å². The van der Waals surface area contributed by atoms with E-state index in [2.05, 4.69) is 0 Å². The Bertz CT molecular complexity index is 824. The van der Waals surface area contributed by atoms with Crippen LogP contribution in [0.1, 0.15) is 31.7 Å². The normalized spacial score (nSPS) is 23.1. The fourth-order valence-electron chi connectivity index (χ4n) is 3.90. The Labute approximate surface area is 162 Å². The molecule has 150 valence electrons. The van der Waals surface area contributed by atoms with E-state index in [1.54, 1.807) is 13.8 Å². The highest BCUT2D eigenvalue weighted by atomic mass is 16.6. The molecule has 2 fully saturated rings. The Morgan fingerprint density at radius 2 is 2.11 bits per heavy atom. The smallest absolute Gasteiger partial charge is 0.310 e. The summed E-state index contributed by atoms with van der Waals surface area (Å²) in [5, 5.41) is 10.9. The van der Waals surface area contributed by atoms with Gasteiger partial charge in [-0.15, -0.1) is 0 Å². The van der Waals surface area contributed by atoms with Crippen LogP contribution in [0.4, 0.5) is 11.4 Å². The van der Waals surface area contributed by atoms with Crippen molar-refractivity contribution in [2.45, 2.75) is 39.2 Å². The van der Waals surface area contributed by atoms with Gasteiger partial charge in [-0.25, -0.2) is 4.90 Å². The molecule has 0 aliphatic carbocycles. The van der Waals surface area contributed by atoms with Gasteiger partial charge in [0.05, 0.1) is 35.6 Å². The van der Waals surface area contributed by atoms with Crippen LogP contribution in [0.2, 0.25) is 0 Å². The van der Waals surface area contributed by atoms with Gasteiger partial charge in [0, 0.05) is 18.7 Å². The second-order valence-electron chi connectivity index (χ2n) is 7.10. The van der Waals surface area contributed by atoms with Crippen molar-refractivity contribution in [2.24, 2.45) is 5.92 Å². The Morgan fingerprint density at radius 1 is 1.36 bits per heavy atom. The molecule has 2 atom stereocenters. The van der Waals surface area contributed by atoms with Gasteiger partial charge in [0.25, 0.3) is 11.6 Å². The van der Waals surface area contributed by atoms with Gasteiger partial charge >= 0.3 is 5.97 Å². The van der Waals surface area contributed by atoms with Crippen molar-refractivity contribution in [3.05, 3.63) is 33.9 Å². The summed E-state index contributed by atoms with van der Waals surface area (Å²) in [6, 6.07) is 3.44. The van der Waals surface area contributed by atoms with Crippen LogP contribution >= 0.6 is 0 Å². The van der Waals surface area contributed by atoms with Crippen molar-refractivity contribution in [1.82, 2.24) is 4.90 Å². The molecule has 28 heavy (non-hydrogen) atoms. The number of amides is 2. The zero-order valence-corrected chi connectivity index (χ0v) is 15.9. The largest absolute Gasteiger partial charge is 0.466 e. The van der Waals surface area contributed by atoms with Gasteiger partial charge in [-0.05, 0) is 44.9 Å². The highest BCUT2D eigenvalue weighted by Gasteiger charge is 2.45.